The van der Waals surface area contributed by atoms with Crippen molar-refractivity contribution < 1.29 is 9.53 Å². The maximum absolute atomic E-state index is 11.9. The molecule has 1 aliphatic carbocycles. The van der Waals surface area contributed by atoms with E-state index in [0.717, 1.165) is 38.5 Å². The highest BCUT2D eigenvalue weighted by Gasteiger charge is 2.22. The van der Waals surface area contributed by atoms with Gasteiger partial charge in [0.2, 0.25) is 5.91 Å². The summed E-state index contributed by atoms with van der Waals surface area (Å²) in [4.78, 5) is 11.9. The lowest BCUT2D eigenvalue weighted by molar-refractivity contribution is -0.128. The minimum atomic E-state index is 0.206. The molecule has 2 rings (SSSR count). The van der Waals surface area contributed by atoms with Gasteiger partial charge in [-0.25, -0.2) is 0 Å². The fraction of sp³-hybridized carbons (Fsp3) is 0.923. The molecule has 92 valence electrons. The Morgan fingerprint density at radius 3 is 2.44 bits per heavy atom. The summed E-state index contributed by atoms with van der Waals surface area (Å²) in [6.07, 6.45) is 8.47. The van der Waals surface area contributed by atoms with Gasteiger partial charge >= 0.3 is 0 Å². The summed E-state index contributed by atoms with van der Waals surface area (Å²) in [5.41, 5.74) is 0. The molecular weight excluding hydrogens is 202 g/mol. The van der Waals surface area contributed by atoms with E-state index in [0.29, 0.717) is 0 Å². The van der Waals surface area contributed by atoms with Crippen LogP contribution in [0.25, 0.3) is 0 Å². The summed E-state index contributed by atoms with van der Waals surface area (Å²) in [6, 6.07) is 0. The smallest absolute Gasteiger partial charge is 0.223 e. The third-order valence-corrected chi connectivity index (χ3v) is 3.88. The molecule has 0 unspecified atom stereocenters. The lowest BCUT2D eigenvalue weighted by Crippen LogP contribution is -2.37. The Morgan fingerprint density at radius 2 is 1.75 bits per heavy atom. The van der Waals surface area contributed by atoms with Crippen LogP contribution in [0.3, 0.4) is 0 Å². The molecule has 0 aromatic rings. The van der Waals surface area contributed by atoms with E-state index >= 15 is 0 Å². The number of rotatable bonds is 3. The number of amides is 1. The zero-order valence-corrected chi connectivity index (χ0v) is 10.0. The van der Waals surface area contributed by atoms with Crippen molar-refractivity contribution in [1.29, 1.82) is 0 Å². The Labute approximate surface area is 97.9 Å². The van der Waals surface area contributed by atoms with E-state index in [1.165, 1.54) is 32.1 Å². The second kappa shape index (κ2) is 6.24. The SMILES string of the molecule is O=C(NCC1CCCCC1)C1CCOCC1. The van der Waals surface area contributed by atoms with Crippen molar-refractivity contribution in [2.75, 3.05) is 19.8 Å². The van der Waals surface area contributed by atoms with E-state index in [1.807, 2.05) is 0 Å². The maximum Gasteiger partial charge on any atom is 0.223 e. The molecule has 0 spiro atoms. The Hall–Kier alpha value is -0.570. The van der Waals surface area contributed by atoms with Gasteiger partial charge < -0.3 is 10.1 Å². The molecule has 2 aliphatic rings. The first-order chi connectivity index (χ1) is 7.86. The van der Waals surface area contributed by atoms with Crippen molar-refractivity contribution in [2.24, 2.45) is 11.8 Å². The van der Waals surface area contributed by atoms with Crippen LogP contribution in [0.4, 0.5) is 0 Å². The molecule has 1 aliphatic heterocycles. The van der Waals surface area contributed by atoms with Crippen molar-refractivity contribution in [3.8, 4) is 0 Å². The molecule has 1 saturated heterocycles. The summed E-state index contributed by atoms with van der Waals surface area (Å²) in [6.45, 7) is 2.40. The number of nitrogens with one attached hydrogen (secondary N) is 1. The monoisotopic (exact) mass is 225 g/mol. The van der Waals surface area contributed by atoms with Gasteiger partial charge in [0.25, 0.3) is 0 Å². The first-order valence-electron chi connectivity index (χ1n) is 6.71. The largest absolute Gasteiger partial charge is 0.381 e. The number of carbonyl (C=O) groups is 1. The highest BCUT2D eigenvalue weighted by molar-refractivity contribution is 5.78. The zero-order valence-electron chi connectivity index (χ0n) is 10.0. The van der Waals surface area contributed by atoms with Gasteiger partial charge in [0.15, 0.2) is 0 Å². The fourth-order valence-corrected chi connectivity index (χ4v) is 2.74. The van der Waals surface area contributed by atoms with Crippen LogP contribution in [0.15, 0.2) is 0 Å². The topological polar surface area (TPSA) is 38.3 Å². The van der Waals surface area contributed by atoms with Crippen LogP contribution in [-0.2, 0) is 9.53 Å². The average Bonchev–Trinajstić information content (AvgIpc) is 2.38. The maximum atomic E-state index is 11.9. The summed E-state index contributed by atoms with van der Waals surface area (Å²) >= 11 is 0. The molecule has 0 aromatic carbocycles. The van der Waals surface area contributed by atoms with Crippen molar-refractivity contribution in [3.05, 3.63) is 0 Å². The van der Waals surface area contributed by atoms with Crippen LogP contribution in [0.1, 0.15) is 44.9 Å². The van der Waals surface area contributed by atoms with E-state index in [2.05, 4.69) is 5.32 Å². The van der Waals surface area contributed by atoms with Crippen LogP contribution in [0, 0.1) is 11.8 Å². The quantitative estimate of drug-likeness (QED) is 0.799. The highest BCUT2D eigenvalue weighted by atomic mass is 16.5. The Morgan fingerprint density at radius 1 is 1.06 bits per heavy atom. The third kappa shape index (κ3) is 3.48. The first-order valence-corrected chi connectivity index (χ1v) is 6.71. The molecular formula is C13H23NO2. The van der Waals surface area contributed by atoms with Crippen molar-refractivity contribution in [1.82, 2.24) is 5.32 Å². The Bertz CT molecular complexity index is 218. The van der Waals surface area contributed by atoms with E-state index in [9.17, 15) is 4.79 Å². The second-order valence-corrected chi connectivity index (χ2v) is 5.14. The average molecular weight is 225 g/mol. The van der Waals surface area contributed by atoms with Crippen LogP contribution < -0.4 is 5.32 Å². The molecule has 1 amide bonds. The molecule has 3 nitrogen and oxygen atoms in total. The van der Waals surface area contributed by atoms with Gasteiger partial charge in [0.1, 0.15) is 0 Å². The molecule has 0 radical (unpaired) electrons. The van der Waals surface area contributed by atoms with Gasteiger partial charge in [-0.1, -0.05) is 19.3 Å². The van der Waals surface area contributed by atoms with Gasteiger partial charge in [0.05, 0.1) is 0 Å². The fourth-order valence-electron chi connectivity index (χ4n) is 2.74. The number of hydrogen-bond donors (Lipinski definition) is 1. The molecule has 3 heteroatoms. The molecule has 16 heavy (non-hydrogen) atoms. The molecule has 2 fully saturated rings. The normalized spacial score (nSPS) is 24.2. The van der Waals surface area contributed by atoms with Gasteiger partial charge in [-0.2, -0.15) is 0 Å². The molecule has 0 atom stereocenters. The lowest BCUT2D eigenvalue weighted by atomic mass is 9.89. The molecule has 0 bridgehead atoms. The van der Waals surface area contributed by atoms with E-state index in [1.54, 1.807) is 0 Å². The molecule has 1 heterocycles. The summed E-state index contributed by atoms with van der Waals surface area (Å²) in [7, 11) is 0. The Balaban J connectivity index is 1.65. The zero-order chi connectivity index (χ0) is 11.2. The summed E-state index contributed by atoms with van der Waals surface area (Å²) in [5.74, 6) is 1.20. The van der Waals surface area contributed by atoms with Gasteiger partial charge in [0, 0.05) is 25.7 Å². The van der Waals surface area contributed by atoms with Crippen molar-refractivity contribution in [3.63, 3.8) is 0 Å². The first kappa shape index (κ1) is 11.9. The Kier molecular flexibility index (Phi) is 4.64. The second-order valence-electron chi connectivity index (χ2n) is 5.14. The molecule has 0 aromatic heterocycles. The predicted molar refractivity (Wildman–Crippen MR) is 63.1 cm³/mol. The minimum Gasteiger partial charge on any atom is -0.381 e. The van der Waals surface area contributed by atoms with E-state index in [4.69, 9.17) is 4.74 Å². The highest BCUT2D eigenvalue weighted by Crippen LogP contribution is 2.23. The predicted octanol–water partition coefficient (Wildman–Crippen LogP) is 2.11. The molecule has 1 saturated carbocycles. The van der Waals surface area contributed by atoms with Crippen LogP contribution >= 0.6 is 0 Å². The lowest BCUT2D eigenvalue weighted by Gasteiger charge is -2.25. The van der Waals surface area contributed by atoms with E-state index in [-0.39, 0.29) is 11.8 Å². The minimum absolute atomic E-state index is 0.206. The van der Waals surface area contributed by atoms with Crippen molar-refractivity contribution in [2.45, 2.75) is 44.9 Å². The van der Waals surface area contributed by atoms with Gasteiger partial charge in [-0.05, 0) is 31.6 Å². The standard InChI is InChI=1S/C13H23NO2/c15-13(12-6-8-16-9-7-12)14-10-11-4-2-1-3-5-11/h11-12H,1-10H2,(H,14,15). The van der Waals surface area contributed by atoms with Crippen LogP contribution in [-0.4, -0.2) is 25.7 Å². The number of carbonyl (C=O) groups excluding carboxylic acids is 1. The van der Waals surface area contributed by atoms with Gasteiger partial charge in [-0.15, -0.1) is 0 Å². The number of hydrogen-bond acceptors (Lipinski definition) is 2. The van der Waals surface area contributed by atoms with Gasteiger partial charge in [-0.3, -0.25) is 4.79 Å². The van der Waals surface area contributed by atoms with Crippen LogP contribution in [0.2, 0.25) is 0 Å². The number of ether oxygens (including phenoxy) is 1. The van der Waals surface area contributed by atoms with E-state index < -0.39 is 0 Å². The third-order valence-electron chi connectivity index (χ3n) is 3.88. The molecule has 1 N–H and O–H groups in total. The van der Waals surface area contributed by atoms with Crippen LogP contribution in [0.5, 0.6) is 0 Å². The summed E-state index contributed by atoms with van der Waals surface area (Å²) in [5, 5.41) is 3.13. The van der Waals surface area contributed by atoms with Crippen molar-refractivity contribution >= 4 is 5.91 Å². The summed E-state index contributed by atoms with van der Waals surface area (Å²) < 4.78 is 5.26.